The molecule has 144 valence electrons. The predicted molar refractivity (Wildman–Crippen MR) is 114 cm³/mol. The highest BCUT2D eigenvalue weighted by Crippen LogP contribution is 2.21. The predicted octanol–water partition coefficient (Wildman–Crippen LogP) is 5.06. The molecular weight excluding hydrogens is 370 g/mol. The van der Waals surface area contributed by atoms with Crippen molar-refractivity contribution >= 4 is 21.8 Å². The van der Waals surface area contributed by atoms with Crippen LogP contribution < -0.4 is 9.46 Å². The Hall–Kier alpha value is -3.05. The summed E-state index contributed by atoms with van der Waals surface area (Å²) in [6.45, 7) is 1.92. The first-order valence-electron chi connectivity index (χ1n) is 8.96. The normalized spacial score (nSPS) is 11.5. The molecule has 28 heavy (non-hydrogen) atoms. The number of hydrogen-bond acceptors (Lipinski definition) is 3. The van der Waals surface area contributed by atoms with Crippen molar-refractivity contribution in [2.24, 2.45) is 0 Å². The van der Waals surface area contributed by atoms with Crippen molar-refractivity contribution in [3.05, 3.63) is 95.6 Å². The second-order valence-electron chi connectivity index (χ2n) is 6.46. The van der Waals surface area contributed by atoms with Gasteiger partial charge in [-0.25, -0.2) is 8.42 Å². The van der Waals surface area contributed by atoms with Gasteiger partial charge in [0.15, 0.2) is 0 Å². The quantitative estimate of drug-likeness (QED) is 0.610. The summed E-state index contributed by atoms with van der Waals surface area (Å²) < 4.78 is 33.2. The molecule has 3 aromatic carbocycles. The van der Waals surface area contributed by atoms with Gasteiger partial charge in [-0.3, -0.25) is 4.72 Å². The van der Waals surface area contributed by atoms with E-state index in [1.165, 1.54) is 0 Å². The molecule has 4 nitrogen and oxygen atoms in total. The van der Waals surface area contributed by atoms with Crippen LogP contribution in [0, 0.1) is 6.92 Å². The summed E-state index contributed by atoms with van der Waals surface area (Å²) in [6.07, 6.45) is 4.63. The Balaban J connectivity index is 1.75. The Morgan fingerprint density at radius 1 is 0.929 bits per heavy atom. The van der Waals surface area contributed by atoms with Gasteiger partial charge in [-0.15, -0.1) is 0 Å². The van der Waals surface area contributed by atoms with Gasteiger partial charge in [-0.1, -0.05) is 60.2 Å². The summed E-state index contributed by atoms with van der Waals surface area (Å²) in [5.74, 6) is 0.813. The summed E-state index contributed by atoms with van der Waals surface area (Å²) in [5, 5.41) is 0. The Labute approximate surface area is 166 Å². The van der Waals surface area contributed by atoms with Crippen LogP contribution in [0.3, 0.4) is 0 Å². The zero-order valence-corrected chi connectivity index (χ0v) is 16.7. The van der Waals surface area contributed by atoms with Gasteiger partial charge >= 0.3 is 0 Å². The monoisotopic (exact) mass is 393 g/mol. The van der Waals surface area contributed by atoms with Crippen LogP contribution in [-0.4, -0.2) is 15.5 Å². The molecule has 0 bridgehead atoms. The Bertz CT molecular complexity index is 1050. The molecule has 0 fully saturated rings. The first-order chi connectivity index (χ1) is 13.5. The zero-order valence-electron chi connectivity index (χ0n) is 15.9. The van der Waals surface area contributed by atoms with Crippen molar-refractivity contribution in [2.45, 2.75) is 18.2 Å². The molecule has 0 atom stereocenters. The van der Waals surface area contributed by atoms with Crippen molar-refractivity contribution < 1.29 is 13.2 Å². The fraction of sp³-hybridized carbons (Fsp3) is 0.130. The van der Waals surface area contributed by atoms with Gasteiger partial charge in [0.25, 0.3) is 10.0 Å². The summed E-state index contributed by atoms with van der Waals surface area (Å²) in [5.41, 5.74) is 3.56. The number of para-hydroxylation sites is 1. The number of sulfonamides is 1. The molecule has 0 aliphatic heterocycles. The van der Waals surface area contributed by atoms with E-state index in [0.29, 0.717) is 12.1 Å². The maximum Gasteiger partial charge on any atom is 0.261 e. The first-order valence-corrected chi connectivity index (χ1v) is 10.4. The maximum atomic E-state index is 12.7. The average Bonchev–Trinajstić information content (AvgIpc) is 2.70. The number of rotatable bonds is 7. The van der Waals surface area contributed by atoms with E-state index in [1.807, 2.05) is 61.5 Å². The van der Waals surface area contributed by atoms with Crippen LogP contribution in [0.2, 0.25) is 0 Å². The number of hydrogen-bond donors (Lipinski definition) is 1. The highest BCUT2D eigenvalue weighted by atomic mass is 32.2. The van der Waals surface area contributed by atoms with Crippen molar-refractivity contribution in [3.63, 3.8) is 0 Å². The van der Waals surface area contributed by atoms with E-state index in [4.69, 9.17) is 4.74 Å². The van der Waals surface area contributed by atoms with E-state index < -0.39 is 10.0 Å². The molecule has 0 aromatic heterocycles. The fourth-order valence-electron chi connectivity index (χ4n) is 2.76. The molecule has 5 heteroatoms. The second-order valence-corrected chi connectivity index (χ2v) is 8.14. The van der Waals surface area contributed by atoms with Gasteiger partial charge < -0.3 is 4.74 Å². The molecule has 3 aromatic rings. The van der Waals surface area contributed by atoms with Crippen molar-refractivity contribution in [1.82, 2.24) is 0 Å². The Morgan fingerprint density at radius 2 is 1.61 bits per heavy atom. The molecule has 0 saturated carbocycles. The zero-order chi connectivity index (χ0) is 20.0. The standard InChI is InChI=1S/C23H23NO3S/c1-18-10-16-22(17-11-18)28(25,26)24-23-9-4-3-7-20(23)8-5-6-19-12-14-21(27-2)15-13-19/h3-7,9-17,24H,8H2,1-2H3/b6-5+. The summed E-state index contributed by atoms with van der Waals surface area (Å²) >= 11 is 0. The van der Waals surface area contributed by atoms with E-state index in [9.17, 15) is 8.42 Å². The molecule has 0 aliphatic carbocycles. The van der Waals surface area contributed by atoms with Gasteiger partial charge in [0.1, 0.15) is 5.75 Å². The molecular formula is C23H23NO3S. The first kappa shape index (κ1) is 19.7. The maximum absolute atomic E-state index is 12.7. The van der Waals surface area contributed by atoms with Gasteiger partial charge in [0, 0.05) is 0 Å². The molecule has 3 rings (SSSR count). The van der Waals surface area contributed by atoms with Crippen LogP contribution >= 0.6 is 0 Å². The average molecular weight is 394 g/mol. The number of ether oxygens (including phenoxy) is 1. The van der Waals surface area contributed by atoms with Crippen LogP contribution in [-0.2, 0) is 16.4 Å². The van der Waals surface area contributed by atoms with E-state index in [1.54, 1.807) is 37.4 Å². The lowest BCUT2D eigenvalue weighted by Crippen LogP contribution is -2.14. The van der Waals surface area contributed by atoms with Crippen molar-refractivity contribution in [2.75, 3.05) is 11.8 Å². The third-order valence-electron chi connectivity index (χ3n) is 4.36. The number of anilines is 1. The third kappa shape index (κ3) is 5.02. The van der Waals surface area contributed by atoms with Gasteiger partial charge in [-0.2, -0.15) is 0 Å². The minimum atomic E-state index is -3.63. The van der Waals surface area contributed by atoms with Gasteiger partial charge in [0.2, 0.25) is 0 Å². The number of benzene rings is 3. The Morgan fingerprint density at radius 3 is 2.29 bits per heavy atom. The lowest BCUT2D eigenvalue weighted by molar-refractivity contribution is 0.415. The van der Waals surface area contributed by atoms with Crippen LogP contribution in [0.15, 0.2) is 83.8 Å². The third-order valence-corrected chi connectivity index (χ3v) is 5.74. The number of methoxy groups -OCH3 is 1. The lowest BCUT2D eigenvalue weighted by atomic mass is 10.1. The van der Waals surface area contributed by atoms with E-state index in [-0.39, 0.29) is 4.90 Å². The highest BCUT2D eigenvalue weighted by Gasteiger charge is 2.15. The lowest BCUT2D eigenvalue weighted by Gasteiger charge is -2.12. The molecule has 1 N–H and O–H groups in total. The molecule has 0 spiro atoms. The summed E-state index contributed by atoms with van der Waals surface area (Å²) in [4.78, 5) is 0.252. The molecule has 0 aliphatic rings. The number of nitrogens with one attached hydrogen (secondary N) is 1. The second kappa shape index (κ2) is 8.76. The minimum absolute atomic E-state index is 0.252. The molecule has 0 heterocycles. The number of allylic oxidation sites excluding steroid dienone is 1. The molecule has 0 unspecified atom stereocenters. The van der Waals surface area contributed by atoms with Crippen molar-refractivity contribution in [3.8, 4) is 5.75 Å². The topological polar surface area (TPSA) is 55.4 Å². The molecule has 0 radical (unpaired) electrons. The van der Waals surface area contributed by atoms with Crippen LogP contribution in [0.4, 0.5) is 5.69 Å². The van der Waals surface area contributed by atoms with Crippen LogP contribution in [0.1, 0.15) is 16.7 Å². The van der Waals surface area contributed by atoms with Crippen molar-refractivity contribution in [1.29, 1.82) is 0 Å². The largest absolute Gasteiger partial charge is 0.497 e. The fourth-order valence-corrected chi connectivity index (χ4v) is 3.86. The Kier molecular flexibility index (Phi) is 6.16. The van der Waals surface area contributed by atoms with Gasteiger partial charge in [-0.05, 0) is 54.8 Å². The van der Waals surface area contributed by atoms with Crippen LogP contribution in [0.25, 0.3) is 6.08 Å². The summed E-state index contributed by atoms with van der Waals surface area (Å²) in [6, 6.07) is 22.0. The van der Waals surface area contributed by atoms with Gasteiger partial charge in [0.05, 0.1) is 17.7 Å². The summed E-state index contributed by atoms with van der Waals surface area (Å²) in [7, 11) is -1.99. The minimum Gasteiger partial charge on any atom is -0.497 e. The van der Waals surface area contributed by atoms with E-state index in [2.05, 4.69) is 4.72 Å². The van der Waals surface area contributed by atoms with E-state index >= 15 is 0 Å². The smallest absolute Gasteiger partial charge is 0.261 e. The van der Waals surface area contributed by atoms with E-state index in [0.717, 1.165) is 22.4 Å². The van der Waals surface area contributed by atoms with Crippen LogP contribution in [0.5, 0.6) is 5.75 Å². The SMILES string of the molecule is COc1ccc(/C=C/Cc2ccccc2NS(=O)(=O)c2ccc(C)cc2)cc1. The molecule has 0 amide bonds. The highest BCUT2D eigenvalue weighted by molar-refractivity contribution is 7.92. The molecule has 0 saturated heterocycles. The number of aryl methyl sites for hydroxylation is 1.